The maximum absolute atomic E-state index is 9.75. The summed E-state index contributed by atoms with van der Waals surface area (Å²) in [5.74, 6) is 0.224. The van der Waals surface area contributed by atoms with Crippen molar-refractivity contribution < 1.29 is 5.11 Å². The van der Waals surface area contributed by atoms with Crippen molar-refractivity contribution in [1.29, 1.82) is 0 Å². The monoisotopic (exact) mass is 264 g/mol. The molecule has 2 aromatic carbocycles. The van der Waals surface area contributed by atoms with Crippen molar-refractivity contribution in [3.63, 3.8) is 0 Å². The Hall–Kier alpha value is -1.12. The largest absolute Gasteiger partial charge is 0.507 e. The second-order valence-corrected chi connectivity index (χ2v) is 5.26. The molecule has 0 bridgehead atoms. The highest BCUT2D eigenvalue weighted by atomic mass is 35.5. The molecule has 2 aromatic rings. The Morgan fingerprint density at radius 3 is 2.41 bits per heavy atom. The van der Waals surface area contributed by atoms with Crippen LogP contribution in [0.4, 0.5) is 0 Å². The number of hydrogen-bond acceptors (Lipinski definition) is 2. The van der Waals surface area contributed by atoms with Gasteiger partial charge in [-0.1, -0.05) is 42.4 Å². The summed E-state index contributed by atoms with van der Waals surface area (Å²) >= 11 is 7.32. The molecular formula is C14H13ClOS. The Bertz CT molecular complexity index is 508. The highest BCUT2D eigenvalue weighted by molar-refractivity contribution is 7.99. The Morgan fingerprint density at radius 2 is 1.82 bits per heavy atom. The molecule has 0 aliphatic heterocycles. The third-order valence-corrected chi connectivity index (χ3v) is 3.79. The average molecular weight is 265 g/mol. The van der Waals surface area contributed by atoms with E-state index in [0.29, 0.717) is 5.02 Å². The van der Waals surface area contributed by atoms with Gasteiger partial charge in [-0.25, -0.2) is 0 Å². The molecular weight excluding hydrogens is 252 g/mol. The van der Waals surface area contributed by atoms with Gasteiger partial charge in [0.1, 0.15) is 5.75 Å². The summed E-state index contributed by atoms with van der Waals surface area (Å²) < 4.78 is 0. The van der Waals surface area contributed by atoms with Crippen LogP contribution in [0.25, 0.3) is 0 Å². The van der Waals surface area contributed by atoms with Crippen LogP contribution in [0.5, 0.6) is 5.75 Å². The normalized spacial score (nSPS) is 10.5. The van der Waals surface area contributed by atoms with Gasteiger partial charge in [0.05, 0.1) is 4.90 Å². The number of rotatable bonds is 3. The lowest BCUT2D eigenvalue weighted by molar-refractivity contribution is 0.462. The van der Waals surface area contributed by atoms with Crippen LogP contribution in [0.2, 0.25) is 5.02 Å². The van der Waals surface area contributed by atoms with Gasteiger partial charge in [0.2, 0.25) is 0 Å². The van der Waals surface area contributed by atoms with E-state index in [1.54, 1.807) is 12.1 Å². The van der Waals surface area contributed by atoms with Gasteiger partial charge in [0, 0.05) is 9.92 Å². The summed E-state index contributed by atoms with van der Waals surface area (Å²) in [7, 11) is 0. The molecule has 0 amide bonds. The van der Waals surface area contributed by atoms with Crippen LogP contribution < -0.4 is 0 Å². The number of phenolic OH excluding ortho intramolecular Hbond substituents is 1. The zero-order chi connectivity index (χ0) is 12.3. The quantitative estimate of drug-likeness (QED) is 0.863. The fourth-order valence-corrected chi connectivity index (χ4v) is 2.49. The van der Waals surface area contributed by atoms with Gasteiger partial charge in [-0.15, -0.1) is 0 Å². The first-order chi connectivity index (χ1) is 8.19. The summed E-state index contributed by atoms with van der Waals surface area (Å²) in [6, 6.07) is 13.5. The molecule has 1 nitrogen and oxygen atoms in total. The molecule has 3 heteroatoms. The smallest absolute Gasteiger partial charge is 0.130 e. The van der Waals surface area contributed by atoms with E-state index in [2.05, 4.69) is 31.2 Å². The van der Waals surface area contributed by atoms with E-state index in [1.165, 1.54) is 17.3 Å². The van der Waals surface area contributed by atoms with Crippen molar-refractivity contribution in [3.05, 3.63) is 53.1 Å². The van der Waals surface area contributed by atoms with Gasteiger partial charge in [-0.05, 0) is 42.3 Å². The lowest BCUT2D eigenvalue weighted by Gasteiger charge is -2.05. The molecule has 0 saturated carbocycles. The van der Waals surface area contributed by atoms with Crippen LogP contribution in [-0.4, -0.2) is 5.11 Å². The Morgan fingerprint density at radius 1 is 1.12 bits per heavy atom. The van der Waals surface area contributed by atoms with Crippen molar-refractivity contribution in [2.75, 3.05) is 0 Å². The van der Waals surface area contributed by atoms with Gasteiger partial charge in [-0.2, -0.15) is 0 Å². The molecule has 17 heavy (non-hydrogen) atoms. The van der Waals surface area contributed by atoms with Crippen LogP contribution in [0.3, 0.4) is 0 Å². The summed E-state index contributed by atoms with van der Waals surface area (Å²) in [5.41, 5.74) is 1.31. The molecule has 0 fully saturated rings. The highest BCUT2D eigenvalue weighted by Crippen LogP contribution is 2.35. The Labute approximate surface area is 110 Å². The molecule has 2 rings (SSSR count). The van der Waals surface area contributed by atoms with Crippen LogP contribution in [0, 0.1) is 0 Å². The molecule has 0 radical (unpaired) electrons. The standard InChI is InChI=1S/C14H13ClOS/c1-2-10-3-6-12(7-4-10)17-14-8-5-11(15)9-13(14)16/h3-9,16H,2H2,1H3. The van der Waals surface area contributed by atoms with Crippen LogP contribution >= 0.6 is 23.4 Å². The molecule has 0 unspecified atom stereocenters. The van der Waals surface area contributed by atoms with Crippen molar-refractivity contribution in [2.24, 2.45) is 0 Å². The third kappa shape index (κ3) is 3.18. The number of halogens is 1. The van der Waals surface area contributed by atoms with Crippen LogP contribution in [0.15, 0.2) is 52.3 Å². The number of aromatic hydroxyl groups is 1. The zero-order valence-electron chi connectivity index (χ0n) is 9.48. The predicted octanol–water partition coefficient (Wildman–Crippen LogP) is 4.76. The second-order valence-electron chi connectivity index (χ2n) is 3.71. The molecule has 0 saturated heterocycles. The first-order valence-corrected chi connectivity index (χ1v) is 6.64. The SMILES string of the molecule is CCc1ccc(Sc2ccc(Cl)cc2O)cc1. The topological polar surface area (TPSA) is 20.2 Å². The van der Waals surface area contributed by atoms with Crippen LogP contribution in [0.1, 0.15) is 12.5 Å². The maximum atomic E-state index is 9.75. The lowest BCUT2D eigenvalue weighted by atomic mass is 10.2. The summed E-state index contributed by atoms with van der Waals surface area (Å²) in [6.07, 6.45) is 1.04. The predicted molar refractivity (Wildman–Crippen MR) is 73.1 cm³/mol. The molecule has 0 aromatic heterocycles. The van der Waals surface area contributed by atoms with Gasteiger partial charge in [0.25, 0.3) is 0 Å². The summed E-state index contributed by atoms with van der Waals surface area (Å²) in [6.45, 7) is 2.13. The molecule has 88 valence electrons. The molecule has 0 heterocycles. The van der Waals surface area contributed by atoms with E-state index in [1.807, 2.05) is 6.07 Å². The van der Waals surface area contributed by atoms with E-state index in [4.69, 9.17) is 11.6 Å². The van der Waals surface area contributed by atoms with Crippen molar-refractivity contribution >= 4 is 23.4 Å². The number of hydrogen-bond donors (Lipinski definition) is 1. The van der Waals surface area contributed by atoms with E-state index in [0.717, 1.165) is 16.2 Å². The zero-order valence-corrected chi connectivity index (χ0v) is 11.1. The Kier molecular flexibility index (Phi) is 3.97. The van der Waals surface area contributed by atoms with Crippen molar-refractivity contribution in [1.82, 2.24) is 0 Å². The lowest BCUT2D eigenvalue weighted by Crippen LogP contribution is -1.80. The second kappa shape index (κ2) is 5.48. The molecule has 0 spiro atoms. The third-order valence-electron chi connectivity index (χ3n) is 2.48. The average Bonchev–Trinajstić information content (AvgIpc) is 2.34. The molecule has 0 aliphatic rings. The fraction of sp³-hybridized carbons (Fsp3) is 0.143. The van der Waals surface area contributed by atoms with Gasteiger partial charge in [-0.3, -0.25) is 0 Å². The van der Waals surface area contributed by atoms with Gasteiger partial charge >= 0.3 is 0 Å². The highest BCUT2D eigenvalue weighted by Gasteiger charge is 2.04. The fourth-order valence-electron chi connectivity index (χ4n) is 1.50. The first-order valence-electron chi connectivity index (χ1n) is 5.44. The number of phenols is 1. The minimum absolute atomic E-state index is 0.224. The van der Waals surface area contributed by atoms with Crippen LogP contribution in [-0.2, 0) is 6.42 Å². The number of benzene rings is 2. The minimum Gasteiger partial charge on any atom is -0.507 e. The maximum Gasteiger partial charge on any atom is 0.130 e. The van der Waals surface area contributed by atoms with E-state index < -0.39 is 0 Å². The molecule has 1 N–H and O–H groups in total. The van der Waals surface area contributed by atoms with E-state index >= 15 is 0 Å². The van der Waals surface area contributed by atoms with Gasteiger partial charge in [0.15, 0.2) is 0 Å². The summed E-state index contributed by atoms with van der Waals surface area (Å²) in [4.78, 5) is 1.93. The van der Waals surface area contributed by atoms with E-state index in [-0.39, 0.29) is 5.75 Å². The minimum atomic E-state index is 0.224. The van der Waals surface area contributed by atoms with E-state index in [9.17, 15) is 5.11 Å². The van der Waals surface area contributed by atoms with Crippen molar-refractivity contribution in [3.8, 4) is 5.75 Å². The first kappa shape index (κ1) is 12.3. The Balaban J connectivity index is 2.19. The molecule has 0 atom stereocenters. The summed E-state index contributed by atoms with van der Waals surface area (Å²) in [5, 5.41) is 10.3. The molecule has 0 aliphatic carbocycles. The van der Waals surface area contributed by atoms with Crippen molar-refractivity contribution in [2.45, 2.75) is 23.1 Å². The number of aryl methyl sites for hydroxylation is 1. The van der Waals surface area contributed by atoms with Gasteiger partial charge < -0.3 is 5.11 Å².